The molecule has 0 unspecified atom stereocenters. The SMILES string of the molecule is CNS(=O)(=O)C1CCN(C2CCN(C(=O)c3ncnc(NCc4ccc(Cl)c(Cl)c4)c3C)CC2)CC1. The quantitative estimate of drug-likeness (QED) is 0.540. The molecule has 1 aromatic carbocycles. The molecule has 2 N–H and O–H groups in total. The predicted molar refractivity (Wildman–Crippen MR) is 142 cm³/mol. The van der Waals surface area contributed by atoms with Crippen LogP contribution in [0.25, 0.3) is 0 Å². The summed E-state index contributed by atoms with van der Waals surface area (Å²) in [7, 11) is -1.74. The van der Waals surface area contributed by atoms with E-state index in [0.717, 1.165) is 31.5 Å². The number of nitrogens with one attached hydrogen (secondary N) is 2. The summed E-state index contributed by atoms with van der Waals surface area (Å²) in [6.07, 6.45) is 4.41. The van der Waals surface area contributed by atoms with Gasteiger partial charge in [0.05, 0.1) is 15.3 Å². The van der Waals surface area contributed by atoms with Gasteiger partial charge in [0, 0.05) is 31.2 Å². The minimum Gasteiger partial charge on any atom is -0.366 e. The van der Waals surface area contributed by atoms with Crippen LogP contribution in [0.15, 0.2) is 24.5 Å². The van der Waals surface area contributed by atoms with Crippen molar-refractivity contribution in [3.8, 4) is 0 Å². The fourth-order valence-corrected chi connectivity index (χ4v) is 6.47. The molecule has 12 heteroatoms. The van der Waals surface area contributed by atoms with Gasteiger partial charge < -0.3 is 15.1 Å². The monoisotopic (exact) mass is 554 g/mol. The van der Waals surface area contributed by atoms with Gasteiger partial charge in [0.1, 0.15) is 17.8 Å². The molecule has 0 spiro atoms. The van der Waals surface area contributed by atoms with Crippen LogP contribution in [-0.4, -0.2) is 78.6 Å². The Balaban J connectivity index is 1.32. The fraction of sp³-hybridized carbons (Fsp3) is 0.542. The first-order chi connectivity index (χ1) is 17.2. The highest BCUT2D eigenvalue weighted by Crippen LogP contribution is 2.26. The molecule has 0 saturated carbocycles. The molecule has 2 fully saturated rings. The van der Waals surface area contributed by atoms with Gasteiger partial charge in [-0.1, -0.05) is 29.3 Å². The summed E-state index contributed by atoms with van der Waals surface area (Å²) in [4.78, 5) is 26.1. The Bertz CT molecular complexity index is 1200. The van der Waals surface area contributed by atoms with Crippen molar-refractivity contribution in [2.24, 2.45) is 0 Å². The van der Waals surface area contributed by atoms with Gasteiger partial charge in [0.2, 0.25) is 10.0 Å². The van der Waals surface area contributed by atoms with Gasteiger partial charge >= 0.3 is 0 Å². The number of carbonyl (C=O) groups is 1. The predicted octanol–water partition coefficient (Wildman–Crippen LogP) is 3.32. The lowest BCUT2D eigenvalue weighted by atomic mass is 9.99. The number of hydrogen-bond donors (Lipinski definition) is 2. The van der Waals surface area contributed by atoms with Gasteiger partial charge in [-0.3, -0.25) is 4.79 Å². The Morgan fingerprint density at radius 3 is 2.39 bits per heavy atom. The second-order valence-electron chi connectivity index (χ2n) is 9.31. The Morgan fingerprint density at radius 2 is 1.75 bits per heavy atom. The van der Waals surface area contributed by atoms with E-state index in [2.05, 4.69) is 24.9 Å². The van der Waals surface area contributed by atoms with Crippen molar-refractivity contribution < 1.29 is 13.2 Å². The lowest BCUT2D eigenvalue weighted by molar-refractivity contribution is 0.0585. The molecule has 2 saturated heterocycles. The zero-order valence-electron chi connectivity index (χ0n) is 20.5. The number of piperidine rings is 2. The number of nitrogens with zero attached hydrogens (tertiary/aromatic N) is 4. The molecule has 2 aromatic rings. The minimum atomic E-state index is -3.22. The van der Waals surface area contributed by atoms with Crippen LogP contribution >= 0.6 is 23.2 Å². The van der Waals surface area contributed by atoms with Gasteiger partial charge in [-0.2, -0.15) is 0 Å². The highest BCUT2D eigenvalue weighted by Gasteiger charge is 2.34. The Labute approximate surface area is 222 Å². The first-order valence-corrected chi connectivity index (χ1v) is 14.4. The van der Waals surface area contributed by atoms with Crippen LogP contribution in [0.5, 0.6) is 0 Å². The van der Waals surface area contributed by atoms with Gasteiger partial charge in [0.25, 0.3) is 5.91 Å². The van der Waals surface area contributed by atoms with E-state index >= 15 is 0 Å². The average Bonchev–Trinajstić information content (AvgIpc) is 2.90. The fourth-order valence-electron chi connectivity index (χ4n) is 4.98. The molecule has 0 bridgehead atoms. The molecular formula is C24H32Cl2N6O3S. The summed E-state index contributed by atoms with van der Waals surface area (Å²) in [6.45, 7) is 5.16. The van der Waals surface area contributed by atoms with Crippen LogP contribution in [0.3, 0.4) is 0 Å². The van der Waals surface area contributed by atoms with E-state index in [1.807, 2.05) is 17.9 Å². The molecule has 2 aliphatic heterocycles. The summed E-state index contributed by atoms with van der Waals surface area (Å²) < 4.78 is 26.6. The molecule has 196 valence electrons. The van der Waals surface area contributed by atoms with Crippen LogP contribution < -0.4 is 10.0 Å². The molecule has 3 heterocycles. The van der Waals surface area contributed by atoms with Crippen molar-refractivity contribution >= 4 is 45.0 Å². The van der Waals surface area contributed by atoms with Crippen molar-refractivity contribution in [3.63, 3.8) is 0 Å². The van der Waals surface area contributed by atoms with E-state index in [-0.39, 0.29) is 11.2 Å². The number of hydrogen-bond acceptors (Lipinski definition) is 7. The van der Waals surface area contributed by atoms with E-state index in [1.165, 1.54) is 13.4 Å². The van der Waals surface area contributed by atoms with Crippen LogP contribution in [0, 0.1) is 6.92 Å². The second-order valence-corrected chi connectivity index (χ2v) is 12.3. The molecular weight excluding hydrogens is 523 g/mol. The molecule has 1 amide bonds. The second kappa shape index (κ2) is 11.6. The number of sulfonamides is 1. The van der Waals surface area contributed by atoms with Crippen LogP contribution in [0.4, 0.5) is 5.82 Å². The van der Waals surface area contributed by atoms with Crippen molar-refractivity contribution in [1.29, 1.82) is 0 Å². The van der Waals surface area contributed by atoms with E-state index < -0.39 is 10.0 Å². The van der Waals surface area contributed by atoms with Crippen molar-refractivity contribution in [1.82, 2.24) is 24.5 Å². The standard InChI is InChI=1S/C24H32Cl2N6O3S/c1-16-22(29-15-30-23(16)28-14-17-3-4-20(25)21(26)13-17)24(33)32-9-5-18(6-10-32)31-11-7-19(8-12-31)36(34,35)27-2/h3-4,13,15,18-19,27H,5-12,14H2,1-2H3,(H,28,29,30). The number of rotatable bonds is 7. The van der Waals surface area contributed by atoms with Crippen LogP contribution in [0.1, 0.15) is 47.3 Å². The van der Waals surface area contributed by atoms with E-state index in [0.29, 0.717) is 65.6 Å². The third-order valence-corrected chi connectivity index (χ3v) is 9.86. The topological polar surface area (TPSA) is 108 Å². The summed E-state index contributed by atoms with van der Waals surface area (Å²) in [5.41, 5.74) is 2.06. The van der Waals surface area contributed by atoms with E-state index in [4.69, 9.17) is 23.2 Å². The summed E-state index contributed by atoms with van der Waals surface area (Å²) >= 11 is 12.1. The number of anilines is 1. The number of aromatic nitrogens is 2. The number of halogens is 2. The number of amides is 1. The maximum atomic E-state index is 13.3. The Hall–Kier alpha value is -1.98. The van der Waals surface area contributed by atoms with E-state index in [9.17, 15) is 13.2 Å². The van der Waals surface area contributed by atoms with Crippen molar-refractivity contribution in [2.75, 3.05) is 38.5 Å². The molecule has 9 nitrogen and oxygen atoms in total. The number of carbonyl (C=O) groups excluding carboxylic acids is 1. The molecule has 1 aromatic heterocycles. The third kappa shape index (κ3) is 6.11. The molecule has 0 atom stereocenters. The Morgan fingerprint density at radius 1 is 1.06 bits per heavy atom. The van der Waals surface area contributed by atoms with Gasteiger partial charge in [-0.15, -0.1) is 0 Å². The zero-order chi connectivity index (χ0) is 25.9. The maximum Gasteiger partial charge on any atom is 0.272 e. The minimum absolute atomic E-state index is 0.0928. The summed E-state index contributed by atoms with van der Waals surface area (Å²) in [6, 6.07) is 5.79. The molecule has 0 radical (unpaired) electrons. The first-order valence-electron chi connectivity index (χ1n) is 12.1. The highest BCUT2D eigenvalue weighted by molar-refractivity contribution is 7.90. The van der Waals surface area contributed by atoms with Gasteiger partial charge in [-0.25, -0.2) is 23.1 Å². The van der Waals surface area contributed by atoms with Gasteiger partial charge in [-0.05, 0) is 70.4 Å². The molecule has 2 aliphatic rings. The average molecular weight is 556 g/mol. The smallest absolute Gasteiger partial charge is 0.272 e. The van der Waals surface area contributed by atoms with E-state index in [1.54, 1.807) is 12.1 Å². The van der Waals surface area contributed by atoms with Crippen LogP contribution in [0.2, 0.25) is 10.0 Å². The zero-order valence-corrected chi connectivity index (χ0v) is 22.8. The van der Waals surface area contributed by atoms with Crippen molar-refractivity contribution in [2.45, 2.75) is 50.4 Å². The Kier molecular flexibility index (Phi) is 8.72. The largest absolute Gasteiger partial charge is 0.366 e. The van der Waals surface area contributed by atoms with Crippen LogP contribution in [-0.2, 0) is 16.6 Å². The normalized spacial score (nSPS) is 18.4. The van der Waals surface area contributed by atoms with Gasteiger partial charge in [0.15, 0.2) is 0 Å². The summed E-state index contributed by atoms with van der Waals surface area (Å²) in [5.74, 6) is 0.512. The summed E-state index contributed by atoms with van der Waals surface area (Å²) in [5, 5.41) is 3.94. The molecule has 0 aliphatic carbocycles. The molecule has 36 heavy (non-hydrogen) atoms. The lowest BCUT2D eigenvalue weighted by Gasteiger charge is -2.41. The molecule has 4 rings (SSSR count). The maximum absolute atomic E-state index is 13.3. The highest BCUT2D eigenvalue weighted by atomic mass is 35.5. The first kappa shape index (κ1) is 27.1. The lowest BCUT2D eigenvalue weighted by Crippen LogP contribution is -2.51. The van der Waals surface area contributed by atoms with Crippen molar-refractivity contribution in [3.05, 3.63) is 51.4 Å². The number of likely N-dealkylation sites (tertiary alicyclic amines) is 2. The number of benzene rings is 1. The third-order valence-electron chi connectivity index (χ3n) is 7.20.